The van der Waals surface area contributed by atoms with E-state index in [1.807, 2.05) is 24.3 Å². The van der Waals surface area contributed by atoms with Gasteiger partial charge in [-0.2, -0.15) is 0 Å². The highest BCUT2D eigenvalue weighted by Crippen LogP contribution is 2.16. The minimum Gasteiger partial charge on any atom is -0.461 e. The number of hydrogen-bond donors (Lipinski definition) is 1. The second kappa shape index (κ2) is 5.64. The number of hydrogen-bond acceptors (Lipinski definition) is 5. The number of rotatable bonds is 4. The zero-order chi connectivity index (χ0) is 13.0. The van der Waals surface area contributed by atoms with Crippen molar-refractivity contribution in [2.45, 2.75) is 13.3 Å². The third-order valence-corrected chi connectivity index (χ3v) is 3.22. The Bertz CT molecular complexity index is 534. The molecule has 0 spiro atoms. The first-order valence-electron chi connectivity index (χ1n) is 5.65. The van der Waals surface area contributed by atoms with Crippen LogP contribution in [0.25, 0.3) is 0 Å². The minimum atomic E-state index is -0.364. The van der Waals surface area contributed by atoms with Crippen molar-refractivity contribution in [1.82, 2.24) is 4.98 Å². The number of nitrogen functional groups attached to an aromatic ring is 1. The molecule has 4 nitrogen and oxygen atoms in total. The fraction of sp³-hybridized carbons (Fsp3) is 0.231. The number of thiazole rings is 1. The van der Waals surface area contributed by atoms with Crippen LogP contribution in [-0.2, 0) is 11.2 Å². The van der Waals surface area contributed by atoms with Crippen LogP contribution in [0.2, 0.25) is 0 Å². The van der Waals surface area contributed by atoms with E-state index < -0.39 is 0 Å². The number of aromatic nitrogens is 1. The Hall–Kier alpha value is -1.88. The maximum Gasteiger partial charge on any atom is 0.357 e. The topological polar surface area (TPSA) is 65.2 Å². The maximum atomic E-state index is 11.5. The molecular formula is C13H14N2O2S. The van der Waals surface area contributed by atoms with Gasteiger partial charge in [0.05, 0.1) is 11.6 Å². The van der Waals surface area contributed by atoms with Crippen molar-refractivity contribution in [3.8, 4) is 0 Å². The van der Waals surface area contributed by atoms with Crippen molar-refractivity contribution in [3.05, 3.63) is 45.9 Å². The quantitative estimate of drug-likeness (QED) is 0.679. The van der Waals surface area contributed by atoms with E-state index >= 15 is 0 Å². The van der Waals surface area contributed by atoms with Crippen molar-refractivity contribution in [2.24, 2.45) is 0 Å². The molecule has 0 fully saturated rings. The summed E-state index contributed by atoms with van der Waals surface area (Å²) in [6.45, 7) is 2.14. The maximum absolute atomic E-state index is 11.5. The SMILES string of the molecule is CCOC(=O)c1csc(Cc2ccc(N)cc2)n1. The van der Waals surface area contributed by atoms with Crippen molar-refractivity contribution in [1.29, 1.82) is 0 Å². The summed E-state index contributed by atoms with van der Waals surface area (Å²) in [5, 5.41) is 2.62. The van der Waals surface area contributed by atoms with E-state index in [1.54, 1.807) is 12.3 Å². The standard InChI is InChI=1S/C13H14N2O2S/c1-2-17-13(16)11-8-18-12(15-11)7-9-3-5-10(14)6-4-9/h3-6,8H,2,7,14H2,1H3. The van der Waals surface area contributed by atoms with Crippen LogP contribution in [0, 0.1) is 0 Å². The van der Waals surface area contributed by atoms with Crippen molar-refractivity contribution < 1.29 is 9.53 Å². The fourth-order valence-corrected chi connectivity index (χ4v) is 2.30. The number of anilines is 1. The molecule has 1 aromatic carbocycles. The monoisotopic (exact) mass is 262 g/mol. The average molecular weight is 262 g/mol. The number of benzene rings is 1. The lowest BCUT2D eigenvalue weighted by atomic mass is 10.1. The zero-order valence-corrected chi connectivity index (χ0v) is 10.9. The predicted octanol–water partition coefficient (Wildman–Crippen LogP) is 2.49. The van der Waals surface area contributed by atoms with E-state index in [0.29, 0.717) is 18.7 Å². The molecule has 2 N–H and O–H groups in total. The lowest BCUT2D eigenvalue weighted by molar-refractivity contribution is 0.0520. The summed E-state index contributed by atoms with van der Waals surface area (Å²) in [6, 6.07) is 7.63. The molecule has 0 saturated carbocycles. The van der Waals surface area contributed by atoms with E-state index in [2.05, 4.69) is 4.98 Å². The average Bonchev–Trinajstić information content (AvgIpc) is 2.81. The molecule has 1 heterocycles. The van der Waals surface area contributed by atoms with Crippen LogP contribution in [0.5, 0.6) is 0 Å². The van der Waals surface area contributed by atoms with Gasteiger partial charge < -0.3 is 10.5 Å². The van der Waals surface area contributed by atoms with Crippen LogP contribution in [0.15, 0.2) is 29.6 Å². The summed E-state index contributed by atoms with van der Waals surface area (Å²) >= 11 is 1.46. The van der Waals surface area contributed by atoms with Gasteiger partial charge >= 0.3 is 5.97 Å². The molecule has 0 unspecified atom stereocenters. The molecular weight excluding hydrogens is 248 g/mol. The largest absolute Gasteiger partial charge is 0.461 e. The first-order valence-corrected chi connectivity index (χ1v) is 6.53. The zero-order valence-electron chi connectivity index (χ0n) is 10.1. The first-order chi connectivity index (χ1) is 8.69. The van der Waals surface area contributed by atoms with Crippen LogP contribution < -0.4 is 5.73 Å². The van der Waals surface area contributed by atoms with Gasteiger partial charge in [-0.1, -0.05) is 12.1 Å². The number of nitrogens with zero attached hydrogens (tertiary/aromatic N) is 1. The van der Waals surface area contributed by atoms with Gasteiger partial charge in [-0.25, -0.2) is 9.78 Å². The van der Waals surface area contributed by atoms with Gasteiger partial charge in [0.15, 0.2) is 5.69 Å². The molecule has 2 aromatic rings. The molecule has 0 aliphatic rings. The fourth-order valence-electron chi connectivity index (χ4n) is 1.50. The number of nitrogens with two attached hydrogens (primary N) is 1. The van der Waals surface area contributed by atoms with E-state index in [4.69, 9.17) is 10.5 Å². The van der Waals surface area contributed by atoms with Gasteiger partial charge in [-0.05, 0) is 24.6 Å². The molecule has 5 heteroatoms. The van der Waals surface area contributed by atoms with Gasteiger partial charge in [0.25, 0.3) is 0 Å². The molecule has 0 atom stereocenters. The van der Waals surface area contributed by atoms with E-state index in [9.17, 15) is 4.79 Å². The molecule has 1 aromatic heterocycles. The van der Waals surface area contributed by atoms with Crippen molar-refractivity contribution in [2.75, 3.05) is 12.3 Å². The summed E-state index contributed by atoms with van der Waals surface area (Å²) < 4.78 is 4.90. The van der Waals surface area contributed by atoms with E-state index in [1.165, 1.54) is 11.3 Å². The number of carbonyl (C=O) groups excluding carboxylic acids is 1. The van der Waals surface area contributed by atoms with Crippen LogP contribution in [-0.4, -0.2) is 17.6 Å². The van der Waals surface area contributed by atoms with Gasteiger partial charge in [0, 0.05) is 17.5 Å². The Morgan fingerprint density at radius 3 is 2.78 bits per heavy atom. The molecule has 18 heavy (non-hydrogen) atoms. The number of esters is 1. The number of carbonyl (C=O) groups is 1. The highest BCUT2D eigenvalue weighted by molar-refractivity contribution is 7.09. The summed E-state index contributed by atoms with van der Waals surface area (Å²) in [7, 11) is 0. The molecule has 0 bridgehead atoms. The highest BCUT2D eigenvalue weighted by atomic mass is 32.1. The van der Waals surface area contributed by atoms with Gasteiger partial charge in [-0.15, -0.1) is 11.3 Å². The Morgan fingerprint density at radius 1 is 1.39 bits per heavy atom. The van der Waals surface area contributed by atoms with Crippen LogP contribution in [0.3, 0.4) is 0 Å². The summed E-state index contributed by atoms with van der Waals surface area (Å²) in [6.07, 6.45) is 0.699. The van der Waals surface area contributed by atoms with E-state index in [0.717, 1.165) is 16.3 Å². The molecule has 0 aliphatic heterocycles. The normalized spacial score (nSPS) is 10.3. The third kappa shape index (κ3) is 3.07. The summed E-state index contributed by atoms with van der Waals surface area (Å²) in [5.74, 6) is -0.364. The molecule has 0 saturated heterocycles. The lowest BCUT2D eigenvalue weighted by Gasteiger charge is -1.99. The van der Waals surface area contributed by atoms with Crippen molar-refractivity contribution >= 4 is 23.0 Å². The Labute approximate surface area is 109 Å². The molecule has 2 rings (SSSR count). The summed E-state index contributed by atoms with van der Waals surface area (Å²) in [4.78, 5) is 15.7. The third-order valence-electron chi connectivity index (χ3n) is 2.37. The molecule has 0 aliphatic carbocycles. The number of ether oxygens (including phenoxy) is 1. The minimum absolute atomic E-state index is 0.364. The van der Waals surface area contributed by atoms with Crippen LogP contribution >= 0.6 is 11.3 Å². The van der Waals surface area contributed by atoms with Crippen LogP contribution in [0.4, 0.5) is 5.69 Å². The molecule has 0 amide bonds. The Balaban J connectivity index is 2.06. The first kappa shape index (κ1) is 12.6. The van der Waals surface area contributed by atoms with Gasteiger partial charge in [0.2, 0.25) is 0 Å². The highest BCUT2D eigenvalue weighted by Gasteiger charge is 2.11. The predicted molar refractivity (Wildman–Crippen MR) is 71.7 cm³/mol. The van der Waals surface area contributed by atoms with Gasteiger partial charge in [-0.3, -0.25) is 0 Å². The van der Waals surface area contributed by atoms with Gasteiger partial charge in [0.1, 0.15) is 0 Å². The van der Waals surface area contributed by atoms with E-state index in [-0.39, 0.29) is 5.97 Å². The molecule has 0 radical (unpaired) electrons. The smallest absolute Gasteiger partial charge is 0.357 e. The Morgan fingerprint density at radius 2 is 2.11 bits per heavy atom. The van der Waals surface area contributed by atoms with Crippen molar-refractivity contribution in [3.63, 3.8) is 0 Å². The lowest BCUT2D eigenvalue weighted by Crippen LogP contribution is -2.05. The second-order valence-electron chi connectivity index (χ2n) is 3.77. The Kier molecular flexibility index (Phi) is 3.94. The van der Waals surface area contributed by atoms with Crippen LogP contribution in [0.1, 0.15) is 28.0 Å². The summed E-state index contributed by atoms with van der Waals surface area (Å²) in [5.41, 5.74) is 7.87. The molecule has 94 valence electrons. The second-order valence-corrected chi connectivity index (χ2v) is 4.71.